The van der Waals surface area contributed by atoms with Crippen LogP contribution in [0, 0.1) is 52.3 Å². The summed E-state index contributed by atoms with van der Waals surface area (Å²) in [6, 6.07) is 4.11. The van der Waals surface area contributed by atoms with Crippen LogP contribution in [0.3, 0.4) is 0 Å². The van der Waals surface area contributed by atoms with Crippen LogP contribution in [-0.2, 0) is 39.9 Å². The van der Waals surface area contributed by atoms with E-state index in [0.717, 1.165) is 48.5 Å². The highest BCUT2D eigenvalue weighted by Gasteiger charge is 2.59. The van der Waals surface area contributed by atoms with Crippen LogP contribution in [0.15, 0.2) is 47.0 Å². The molecule has 5 rings (SSSR count). The molecule has 18 heteroatoms. The molecule has 0 aromatic heterocycles. The number of fused-ring (bicyclic) bond motifs is 5. The third-order valence-corrected chi connectivity index (χ3v) is 16.7. The van der Waals surface area contributed by atoms with Crippen LogP contribution >= 0.6 is 0 Å². The van der Waals surface area contributed by atoms with Gasteiger partial charge in [0.15, 0.2) is 5.96 Å². The highest BCUT2D eigenvalue weighted by atomic mass is 16.6. The quantitative estimate of drug-likeness (QED) is 0.0273. The molecule has 400 valence electrons. The van der Waals surface area contributed by atoms with Gasteiger partial charge in [-0.2, -0.15) is 0 Å². The molecule has 3 fully saturated rings. The highest BCUT2D eigenvalue weighted by molar-refractivity contribution is 5.95. The van der Waals surface area contributed by atoms with Crippen LogP contribution in [-0.4, -0.2) is 96.0 Å². The summed E-state index contributed by atoms with van der Waals surface area (Å²) in [7, 11) is 0. The summed E-state index contributed by atoms with van der Waals surface area (Å²) >= 11 is 0. The van der Waals surface area contributed by atoms with Gasteiger partial charge in [0.1, 0.15) is 30.3 Å². The summed E-state index contributed by atoms with van der Waals surface area (Å²) in [6.45, 7) is 15.1. The van der Waals surface area contributed by atoms with E-state index in [1.165, 1.54) is 50.5 Å². The van der Waals surface area contributed by atoms with Gasteiger partial charge in [-0.1, -0.05) is 110 Å². The van der Waals surface area contributed by atoms with Gasteiger partial charge in [0.25, 0.3) is 0 Å². The number of allylic oxidation sites excluding steroid dienone is 1. The predicted octanol–water partition coefficient (Wildman–Crippen LogP) is 4.97. The van der Waals surface area contributed by atoms with E-state index in [0.29, 0.717) is 23.7 Å². The molecule has 4 aliphatic rings. The Morgan fingerprint density at radius 1 is 0.778 bits per heavy atom. The molecular weight excluding hydrogens is 919 g/mol. The van der Waals surface area contributed by atoms with Crippen molar-refractivity contribution in [2.45, 2.75) is 175 Å². The number of alkyl carbamates (subject to hydrolysis) is 1. The summed E-state index contributed by atoms with van der Waals surface area (Å²) < 4.78 is 6.15. The number of guanidine groups is 1. The molecule has 12 N–H and O–H groups in total. The zero-order valence-corrected chi connectivity index (χ0v) is 43.8. The second kappa shape index (κ2) is 25.8. The first kappa shape index (κ1) is 57.2. The maximum Gasteiger partial charge on any atom is 0.408 e. The van der Waals surface area contributed by atoms with Crippen LogP contribution < -0.4 is 43.8 Å². The largest absolute Gasteiger partial charge is 0.481 e. The minimum Gasteiger partial charge on any atom is -0.481 e. The molecule has 12 atom stereocenters. The summed E-state index contributed by atoms with van der Waals surface area (Å²) in [5.41, 5.74) is 18.8. The molecule has 0 radical (unpaired) electrons. The zero-order valence-electron chi connectivity index (χ0n) is 43.8. The molecule has 72 heavy (non-hydrogen) atoms. The predicted molar refractivity (Wildman–Crippen MR) is 275 cm³/mol. The minimum atomic E-state index is -1.52. The van der Waals surface area contributed by atoms with E-state index in [9.17, 15) is 33.6 Å². The molecule has 6 amide bonds. The van der Waals surface area contributed by atoms with Crippen molar-refractivity contribution < 1.29 is 43.4 Å². The van der Waals surface area contributed by atoms with Gasteiger partial charge in [0, 0.05) is 19.4 Å². The van der Waals surface area contributed by atoms with Crippen LogP contribution in [0.2, 0.25) is 0 Å². The number of carbonyl (C=O) groups is 7. The van der Waals surface area contributed by atoms with Crippen molar-refractivity contribution in [3.63, 3.8) is 0 Å². The summed E-state index contributed by atoms with van der Waals surface area (Å²) in [4.78, 5) is 95.0. The second-order valence-electron chi connectivity index (χ2n) is 22.5. The number of rotatable bonds is 25. The molecule has 0 aliphatic heterocycles. The smallest absolute Gasteiger partial charge is 0.408 e. The molecule has 3 saturated carbocycles. The molecule has 1 aromatic carbocycles. The average Bonchev–Trinajstić information content (AvgIpc) is 3.67. The lowest BCUT2D eigenvalue weighted by atomic mass is 9.47. The molecule has 0 heterocycles. The van der Waals surface area contributed by atoms with Crippen LogP contribution in [0.4, 0.5) is 4.79 Å². The van der Waals surface area contributed by atoms with Crippen molar-refractivity contribution in [2.24, 2.45) is 74.4 Å². The number of ether oxygens (including phenoxy) is 1. The number of hydrogen-bond acceptors (Lipinski definition) is 9. The van der Waals surface area contributed by atoms with Crippen LogP contribution in [0.1, 0.15) is 144 Å². The van der Waals surface area contributed by atoms with Gasteiger partial charge in [-0.05, 0) is 116 Å². The van der Waals surface area contributed by atoms with Crippen molar-refractivity contribution in [1.82, 2.24) is 26.6 Å². The minimum absolute atomic E-state index is 0.0125. The Bertz CT molecular complexity index is 2130. The maximum absolute atomic E-state index is 14.3. The van der Waals surface area contributed by atoms with Gasteiger partial charge >= 0.3 is 12.1 Å². The number of carboxylic acid groups (broad SMARTS) is 1. The molecule has 0 bridgehead atoms. The second-order valence-corrected chi connectivity index (χ2v) is 22.5. The van der Waals surface area contributed by atoms with Gasteiger partial charge in [0.05, 0.1) is 13.0 Å². The SMILES string of the molecule is CC(C)CCC[C@@H](C)[C@H]1CC[C@H]2[C@@H]3CC=C4C[C@@H](OC(=O)N[C@H](Cc5ccccc5)C(=O)N[C@H](C(=O)N[C@@H](CCCN=C(N)N)C(=O)NCC(=O)N[C@@H](CC(=O)O)C(N)=O)C(C)C)CC[C@]4(C)[C@H]3CC[C@]12C. The zero-order chi connectivity index (χ0) is 52.9. The Morgan fingerprint density at radius 2 is 1.50 bits per heavy atom. The molecule has 4 aliphatic carbocycles. The number of benzene rings is 1. The summed E-state index contributed by atoms with van der Waals surface area (Å²) in [6.07, 6.45) is 13.5. The van der Waals surface area contributed by atoms with Crippen molar-refractivity contribution >= 4 is 47.6 Å². The Hall–Kier alpha value is -5.68. The summed E-state index contributed by atoms with van der Waals surface area (Å²) in [5, 5.41) is 21.9. The number of primary amides is 1. The normalized spacial score (nSPS) is 26.4. The van der Waals surface area contributed by atoms with E-state index >= 15 is 0 Å². The van der Waals surface area contributed by atoms with Gasteiger partial charge in [-0.25, -0.2) is 4.79 Å². The number of amides is 6. The van der Waals surface area contributed by atoms with E-state index in [-0.39, 0.29) is 43.3 Å². The van der Waals surface area contributed by atoms with Gasteiger partial charge in [0.2, 0.25) is 29.5 Å². The Balaban J connectivity index is 1.23. The number of aliphatic imine (C=N–C) groups is 1. The lowest BCUT2D eigenvalue weighted by Crippen LogP contribution is -2.59. The average molecular weight is 1000 g/mol. The first-order chi connectivity index (χ1) is 34.0. The number of carbonyl (C=O) groups excluding carboxylic acids is 6. The number of carboxylic acids is 1. The van der Waals surface area contributed by atoms with Gasteiger partial charge in [-0.15, -0.1) is 0 Å². The summed E-state index contributed by atoms with van der Waals surface area (Å²) in [5.74, 6) is -1.82. The number of aliphatic carboxylic acids is 1. The van der Waals surface area contributed by atoms with Gasteiger partial charge < -0.3 is 53.6 Å². The van der Waals surface area contributed by atoms with Crippen molar-refractivity contribution in [3.8, 4) is 0 Å². The van der Waals surface area contributed by atoms with Crippen LogP contribution in [0.25, 0.3) is 0 Å². The van der Waals surface area contributed by atoms with Crippen molar-refractivity contribution in [2.75, 3.05) is 13.1 Å². The van der Waals surface area contributed by atoms with E-state index in [1.54, 1.807) is 13.8 Å². The molecule has 18 nitrogen and oxygen atoms in total. The Labute approximate surface area is 426 Å². The Kier molecular flexibility index (Phi) is 20.5. The molecule has 0 spiro atoms. The van der Waals surface area contributed by atoms with E-state index < -0.39 is 84.6 Å². The standard InChI is InChI=1S/C54H85N9O9/c1-31(2)13-11-14-33(5)38-20-21-39-37-19-18-35-28-36(22-24-53(35,6)40(37)23-25-54(38,39)7)72-52(71)62-43(27-34-15-9-8-10-16-34)49(69)63-46(32(3)4)50(70)61-41(17-12-26-58-51(56)57)48(68)59-30-44(64)60-42(47(55)67)29-45(65)66/h8-10,15-16,18,31-33,36-43,46H,11-14,17,19-30H2,1-7H3,(H2,55,67)(H,59,68)(H,60,64)(H,61,70)(H,62,71)(H,63,69)(H,65,66)(H4,56,57,58)/t33-,36+,37+,38-,39+,40+,41+,42+,43-,46+,53+,54-/m1/s1. The van der Waals surface area contributed by atoms with Gasteiger partial charge in [-0.3, -0.25) is 33.8 Å². The van der Waals surface area contributed by atoms with E-state index in [1.807, 2.05) is 30.3 Å². The fraction of sp³-hybridized carbons (Fsp3) is 0.704. The fourth-order valence-corrected chi connectivity index (χ4v) is 12.9. The molecular formula is C54H85N9O9. The topological polar surface area (TPSA) is 300 Å². The third-order valence-electron chi connectivity index (χ3n) is 16.7. The maximum atomic E-state index is 14.3. The van der Waals surface area contributed by atoms with Crippen LogP contribution in [0.5, 0.6) is 0 Å². The molecule has 0 saturated heterocycles. The highest BCUT2D eigenvalue weighted by Crippen LogP contribution is 2.67. The first-order valence-corrected chi connectivity index (χ1v) is 26.5. The van der Waals surface area contributed by atoms with Crippen molar-refractivity contribution in [1.29, 1.82) is 0 Å². The van der Waals surface area contributed by atoms with E-state index in [4.69, 9.17) is 27.0 Å². The van der Waals surface area contributed by atoms with Crippen molar-refractivity contribution in [3.05, 3.63) is 47.5 Å². The fourth-order valence-electron chi connectivity index (χ4n) is 12.9. The molecule has 1 aromatic rings. The number of nitrogens with zero attached hydrogens (tertiary/aromatic N) is 1. The lowest BCUT2D eigenvalue weighted by Gasteiger charge is -2.58. The Morgan fingerprint density at radius 3 is 2.15 bits per heavy atom. The number of nitrogens with two attached hydrogens (primary N) is 3. The lowest BCUT2D eigenvalue weighted by molar-refractivity contribution is -0.140. The third kappa shape index (κ3) is 15.2. The first-order valence-electron chi connectivity index (χ1n) is 26.5. The monoisotopic (exact) mass is 1000 g/mol. The number of hydrogen-bond donors (Lipinski definition) is 9. The number of nitrogens with one attached hydrogen (secondary N) is 5. The van der Waals surface area contributed by atoms with E-state index in [2.05, 4.69) is 72.3 Å². The molecule has 0 unspecified atom stereocenters.